The van der Waals surface area contributed by atoms with Gasteiger partial charge in [0.1, 0.15) is 23.8 Å². The summed E-state index contributed by atoms with van der Waals surface area (Å²) >= 11 is 5.93. The van der Waals surface area contributed by atoms with Gasteiger partial charge in [0, 0.05) is 0 Å². The zero-order chi connectivity index (χ0) is 13.2. The summed E-state index contributed by atoms with van der Waals surface area (Å²) in [4.78, 5) is 7.69. The Balaban J connectivity index is 1.74. The molecule has 0 fully saturated rings. The van der Waals surface area contributed by atoms with Crippen LogP contribution in [0.25, 0.3) is 0 Å². The normalized spacial score (nSPS) is 12.5. The second kappa shape index (κ2) is 4.81. The molecule has 2 aromatic rings. The van der Waals surface area contributed by atoms with Gasteiger partial charge < -0.3 is 19.9 Å². The van der Waals surface area contributed by atoms with Crippen LogP contribution in [0.1, 0.15) is 5.56 Å². The van der Waals surface area contributed by atoms with Crippen molar-refractivity contribution in [3.05, 3.63) is 35.1 Å². The number of benzene rings is 1. The Morgan fingerprint density at radius 1 is 1.26 bits per heavy atom. The monoisotopic (exact) mass is 279 g/mol. The minimum Gasteiger partial charge on any atom is -0.472 e. The Hall–Kier alpha value is -2.21. The molecular formula is C12H10ClN3O3. The van der Waals surface area contributed by atoms with Crippen molar-refractivity contribution < 1.29 is 14.2 Å². The molecule has 1 aliphatic rings. The lowest BCUT2D eigenvalue weighted by Gasteiger charge is -2.08. The van der Waals surface area contributed by atoms with Crippen LogP contribution in [0.4, 0.5) is 5.82 Å². The van der Waals surface area contributed by atoms with Gasteiger partial charge in [-0.25, -0.2) is 9.97 Å². The highest BCUT2D eigenvalue weighted by molar-refractivity contribution is 6.33. The molecule has 98 valence electrons. The van der Waals surface area contributed by atoms with Crippen molar-refractivity contribution in [3.8, 4) is 17.4 Å². The van der Waals surface area contributed by atoms with Gasteiger partial charge in [-0.15, -0.1) is 0 Å². The van der Waals surface area contributed by atoms with Gasteiger partial charge in [0.2, 0.25) is 12.7 Å². The minimum atomic E-state index is 0.192. The van der Waals surface area contributed by atoms with Crippen LogP contribution in [-0.4, -0.2) is 16.8 Å². The Kier molecular flexibility index (Phi) is 3.00. The van der Waals surface area contributed by atoms with Crippen molar-refractivity contribution in [2.24, 2.45) is 0 Å². The van der Waals surface area contributed by atoms with Gasteiger partial charge in [0.05, 0.1) is 0 Å². The second-order valence-electron chi connectivity index (χ2n) is 3.85. The van der Waals surface area contributed by atoms with E-state index < -0.39 is 0 Å². The van der Waals surface area contributed by atoms with Crippen LogP contribution in [0.3, 0.4) is 0 Å². The van der Waals surface area contributed by atoms with Gasteiger partial charge in [0.25, 0.3) is 0 Å². The van der Waals surface area contributed by atoms with Crippen LogP contribution in [0.5, 0.6) is 17.4 Å². The first-order valence-corrected chi connectivity index (χ1v) is 5.89. The minimum absolute atomic E-state index is 0.192. The van der Waals surface area contributed by atoms with Crippen molar-refractivity contribution in [2.75, 3.05) is 12.5 Å². The van der Waals surface area contributed by atoms with Crippen molar-refractivity contribution in [2.45, 2.75) is 6.61 Å². The molecule has 7 heteroatoms. The van der Waals surface area contributed by atoms with Crippen molar-refractivity contribution in [3.63, 3.8) is 0 Å². The van der Waals surface area contributed by atoms with Crippen LogP contribution in [0.2, 0.25) is 5.02 Å². The van der Waals surface area contributed by atoms with E-state index >= 15 is 0 Å². The number of hydrogen-bond acceptors (Lipinski definition) is 6. The van der Waals surface area contributed by atoms with Gasteiger partial charge >= 0.3 is 0 Å². The molecule has 0 atom stereocenters. The zero-order valence-electron chi connectivity index (χ0n) is 9.80. The fraction of sp³-hybridized carbons (Fsp3) is 0.167. The van der Waals surface area contributed by atoms with E-state index in [-0.39, 0.29) is 23.5 Å². The number of nitrogens with two attached hydrogens (primary N) is 1. The van der Waals surface area contributed by atoms with Crippen LogP contribution in [0, 0.1) is 0 Å². The molecule has 0 bridgehead atoms. The first kappa shape index (κ1) is 11.9. The maximum atomic E-state index is 5.93. The standard InChI is InChI=1S/C12H10ClN3O3/c13-10-11(14)15-5-16-12(10)17-4-7-1-2-8-9(3-7)19-6-18-8/h1-3,5H,4,6H2,(H2,14,15,16). The SMILES string of the molecule is Nc1ncnc(OCc2ccc3c(c2)OCO3)c1Cl. The van der Waals surface area contributed by atoms with E-state index in [2.05, 4.69) is 9.97 Å². The molecule has 0 aliphatic carbocycles. The number of hydrogen-bond donors (Lipinski definition) is 1. The third-order valence-corrected chi connectivity index (χ3v) is 2.95. The van der Waals surface area contributed by atoms with Crippen LogP contribution in [-0.2, 0) is 6.61 Å². The molecule has 1 aromatic heterocycles. The van der Waals surface area contributed by atoms with Gasteiger partial charge in [-0.1, -0.05) is 17.7 Å². The predicted octanol–water partition coefficient (Wildman–Crippen LogP) is 2.02. The van der Waals surface area contributed by atoms with Crippen LogP contribution in [0.15, 0.2) is 24.5 Å². The maximum absolute atomic E-state index is 5.93. The number of anilines is 1. The molecule has 19 heavy (non-hydrogen) atoms. The first-order valence-electron chi connectivity index (χ1n) is 5.51. The molecule has 0 saturated carbocycles. The third-order valence-electron chi connectivity index (χ3n) is 2.60. The summed E-state index contributed by atoms with van der Waals surface area (Å²) in [5.41, 5.74) is 6.48. The average molecular weight is 280 g/mol. The zero-order valence-corrected chi connectivity index (χ0v) is 10.6. The Bertz CT molecular complexity index is 621. The molecule has 0 saturated heterocycles. The van der Waals surface area contributed by atoms with Crippen LogP contribution < -0.4 is 19.9 Å². The van der Waals surface area contributed by atoms with E-state index in [1.165, 1.54) is 6.33 Å². The van der Waals surface area contributed by atoms with E-state index in [1.54, 1.807) is 0 Å². The molecule has 1 aromatic carbocycles. The van der Waals surface area contributed by atoms with E-state index in [0.717, 1.165) is 11.3 Å². The molecule has 3 rings (SSSR count). The fourth-order valence-electron chi connectivity index (χ4n) is 1.65. The molecular weight excluding hydrogens is 270 g/mol. The predicted molar refractivity (Wildman–Crippen MR) is 68.4 cm³/mol. The maximum Gasteiger partial charge on any atom is 0.238 e. The summed E-state index contributed by atoms with van der Waals surface area (Å²) < 4.78 is 16.0. The summed E-state index contributed by atoms with van der Waals surface area (Å²) in [5.74, 6) is 1.88. The first-order chi connectivity index (χ1) is 9.24. The third kappa shape index (κ3) is 2.34. The number of halogens is 1. The molecule has 1 aliphatic heterocycles. The summed E-state index contributed by atoms with van der Waals surface area (Å²) in [6, 6.07) is 5.56. The molecule has 2 N–H and O–H groups in total. The number of aromatic nitrogens is 2. The Morgan fingerprint density at radius 2 is 2.11 bits per heavy atom. The quantitative estimate of drug-likeness (QED) is 0.926. The second-order valence-corrected chi connectivity index (χ2v) is 4.23. The fourth-order valence-corrected chi connectivity index (χ4v) is 1.80. The van der Waals surface area contributed by atoms with Crippen molar-refractivity contribution in [1.29, 1.82) is 0 Å². The highest BCUT2D eigenvalue weighted by atomic mass is 35.5. The number of fused-ring (bicyclic) bond motifs is 1. The van der Waals surface area contributed by atoms with Gasteiger partial charge in [-0.05, 0) is 17.7 Å². The molecule has 6 nitrogen and oxygen atoms in total. The number of rotatable bonds is 3. The summed E-state index contributed by atoms with van der Waals surface area (Å²) in [7, 11) is 0. The Morgan fingerprint density at radius 3 is 3.00 bits per heavy atom. The molecule has 2 heterocycles. The highest BCUT2D eigenvalue weighted by Gasteiger charge is 2.14. The van der Waals surface area contributed by atoms with Gasteiger partial charge in [-0.2, -0.15) is 0 Å². The summed E-state index contributed by atoms with van der Waals surface area (Å²) in [6.07, 6.45) is 1.30. The number of ether oxygens (including phenoxy) is 3. The summed E-state index contributed by atoms with van der Waals surface area (Å²) in [5, 5.41) is 0.211. The lowest BCUT2D eigenvalue weighted by atomic mass is 10.2. The average Bonchev–Trinajstić information content (AvgIpc) is 2.88. The topological polar surface area (TPSA) is 79.5 Å². The summed E-state index contributed by atoms with van der Waals surface area (Å²) in [6.45, 7) is 0.542. The smallest absolute Gasteiger partial charge is 0.238 e. The lowest BCUT2D eigenvalue weighted by Crippen LogP contribution is -2.01. The van der Waals surface area contributed by atoms with Crippen molar-refractivity contribution >= 4 is 17.4 Å². The van der Waals surface area contributed by atoms with E-state index in [4.69, 9.17) is 31.5 Å². The van der Waals surface area contributed by atoms with Gasteiger partial charge in [-0.3, -0.25) is 0 Å². The highest BCUT2D eigenvalue weighted by Crippen LogP contribution is 2.33. The Labute approximate surface area is 114 Å². The lowest BCUT2D eigenvalue weighted by molar-refractivity contribution is 0.174. The van der Waals surface area contributed by atoms with Crippen molar-refractivity contribution in [1.82, 2.24) is 9.97 Å². The van der Waals surface area contributed by atoms with Crippen LogP contribution >= 0.6 is 11.6 Å². The van der Waals surface area contributed by atoms with E-state index in [1.807, 2.05) is 18.2 Å². The molecule has 0 unspecified atom stereocenters. The van der Waals surface area contributed by atoms with E-state index in [9.17, 15) is 0 Å². The number of nitrogens with zero attached hydrogens (tertiary/aromatic N) is 2. The number of nitrogen functional groups attached to an aromatic ring is 1. The van der Waals surface area contributed by atoms with E-state index in [0.29, 0.717) is 12.4 Å². The van der Waals surface area contributed by atoms with Gasteiger partial charge in [0.15, 0.2) is 11.5 Å². The molecule has 0 amide bonds. The largest absolute Gasteiger partial charge is 0.472 e. The molecule has 0 radical (unpaired) electrons. The molecule has 0 spiro atoms.